The first-order valence-corrected chi connectivity index (χ1v) is 9.64. The van der Waals surface area contributed by atoms with Crippen LogP contribution in [0.3, 0.4) is 0 Å². The molecule has 0 radical (unpaired) electrons. The number of nitrogens with zero attached hydrogens (tertiary/aromatic N) is 4. The van der Waals surface area contributed by atoms with Crippen molar-refractivity contribution in [3.63, 3.8) is 0 Å². The Bertz CT molecular complexity index is 743. The fourth-order valence-electron chi connectivity index (χ4n) is 3.39. The van der Waals surface area contributed by atoms with Gasteiger partial charge in [-0.15, -0.1) is 0 Å². The van der Waals surface area contributed by atoms with Crippen LogP contribution < -0.4 is 16.4 Å². The highest BCUT2D eigenvalue weighted by Gasteiger charge is 2.26. The largest absolute Gasteiger partial charge is 0.462 e. The van der Waals surface area contributed by atoms with Crippen molar-refractivity contribution >= 4 is 11.9 Å². The van der Waals surface area contributed by atoms with Gasteiger partial charge in [-0.1, -0.05) is 0 Å². The molecule has 154 valence electrons. The van der Waals surface area contributed by atoms with E-state index in [9.17, 15) is 4.79 Å². The number of piperidine rings is 1. The fourth-order valence-corrected chi connectivity index (χ4v) is 3.39. The van der Waals surface area contributed by atoms with Crippen molar-refractivity contribution in [2.45, 2.75) is 46.6 Å². The molecule has 0 aliphatic carbocycles. The molecule has 1 fully saturated rings. The van der Waals surface area contributed by atoms with Gasteiger partial charge in [0.1, 0.15) is 5.56 Å². The summed E-state index contributed by atoms with van der Waals surface area (Å²) in [4.78, 5) is 25.5. The molecular formula is C20H32N6O2. The first-order valence-electron chi connectivity index (χ1n) is 9.64. The second-order valence-electron chi connectivity index (χ2n) is 7.10. The number of carbonyl (C=O) groups excluding carboxylic acids is 1. The Morgan fingerprint density at radius 2 is 1.86 bits per heavy atom. The molecule has 8 heteroatoms. The Kier molecular flexibility index (Phi) is 7.25. The molecule has 1 saturated heterocycles. The summed E-state index contributed by atoms with van der Waals surface area (Å²) in [7, 11) is 2.01. The lowest BCUT2D eigenvalue weighted by atomic mass is 10.0. The van der Waals surface area contributed by atoms with Crippen molar-refractivity contribution in [3.8, 4) is 0 Å². The Morgan fingerprint density at radius 3 is 2.36 bits per heavy atom. The highest BCUT2D eigenvalue weighted by atomic mass is 16.5. The molecule has 2 rings (SSSR count). The van der Waals surface area contributed by atoms with Gasteiger partial charge in [-0.3, -0.25) is 0 Å². The standard InChI is InChI=1S/C20H32N6O2/c1-6-28-19(27)18-14(3)23-20(24-15(18)4)26-9-7-16(8-10-26)25(5)17(22)11-13(2)12-21/h11-12,16H,6-10,21-22H2,1-5H3/b13-12-,17-11+. The molecule has 0 saturated carbocycles. The molecule has 28 heavy (non-hydrogen) atoms. The van der Waals surface area contributed by atoms with Gasteiger partial charge in [-0.2, -0.15) is 0 Å². The second-order valence-corrected chi connectivity index (χ2v) is 7.10. The van der Waals surface area contributed by atoms with E-state index in [1.165, 1.54) is 0 Å². The van der Waals surface area contributed by atoms with Gasteiger partial charge in [0.15, 0.2) is 0 Å². The number of allylic oxidation sites excluding steroid dienone is 2. The molecule has 0 amide bonds. The highest BCUT2D eigenvalue weighted by molar-refractivity contribution is 5.91. The number of carbonyl (C=O) groups is 1. The lowest BCUT2D eigenvalue weighted by Crippen LogP contribution is -2.45. The number of aromatic nitrogens is 2. The molecule has 1 aliphatic heterocycles. The molecule has 0 unspecified atom stereocenters. The van der Waals surface area contributed by atoms with E-state index in [0.717, 1.165) is 31.5 Å². The number of hydrogen-bond donors (Lipinski definition) is 2. The van der Waals surface area contributed by atoms with E-state index in [2.05, 4.69) is 19.8 Å². The van der Waals surface area contributed by atoms with Crippen LogP contribution in [0.5, 0.6) is 0 Å². The smallest absolute Gasteiger partial charge is 0.341 e. The Morgan fingerprint density at radius 1 is 1.29 bits per heavy atom. The van der Waals surface area contributed by atoms with E-state index in [0.29, 0.717) is 41.4 Å². The van der Waals surface area contributed by atoms with Crippen LogP contribution in [0.2, 0.25) is 0 Å². The minimum Gasteiger partial charge on any atom is -0.462 e. The average Bonchev–Trinajstić information content (AvgIpc) is 2.67. The summed E-state index contributed by atoms with van der Waals surface area (Å²) in [6.07, 6.45) is 5.32. The maximum Gasteiger partial charge on any atom is 0.341 e. The SMILES string of the molecule is CCOC(=O)c1c(C)nc(N2CCC(N(C)/C(N)=C/C(C)=C\N)CC2)nc1C. The summed E-state index contributed by atoms with van der Waals surface area (Å²) >= 11 is 0. The normalized spacial score (nSPS) is 16.2. The predicted octanol–water partition coefficient (Wildman–Crippen LogP) is 1.83. The summed E-state index contributed by atoms with van der Waals surface area (Å²) in [5, 5.41) is 0. The number of rotatable bonds is 6. The molecule has 0 aromatic carbocycles. The van der Waals surface area contributed by atoms with Crippen LogP contribution in [0.15, 0.2) is 23.7 Å². The lowest BCUT2D eigenvalue weighted by molar-refractivity contribution is 0.0523. The van der Waals surface area contributed by atoms with E-state index in [1.54, 1.807) is 13.1 Å². The number of nitrogens with two attached hydrogens (primary N) is 2. The van der Waals surface area contributed by atoms with E-state index in [-0.39, 0.29) is 5.97 Å². The highest BCUT2D eigenvalue weighted by Crippen LogP contribution is 2.23. The maximum atomic E-state index is 12.1. The van der Waals surface area contributed by atoms with Crippen molar-refractivity contribution < 1.29 is 9.53 Å². The Balaban J connectivity index is 2.07. The third-order valence-electron chi connectivity index (χ3n) is 5.08. The van der Waals surface area contributed by atoms with Crippen molar-refractivity contribution in [1.29, 1.82) is 0 Å². The second kappa shape index (κ2) is 9.43. The zero-order valence-corrected chi connectivity index (χ0v) is 17.5. The van der Waals surface area contributed by atoms with E-state index in [1.807, 2.05) is 33.9 Å². The zero-order valence-electron chi connectivity index (χ0n) is 17.5. The van der Waals surface area contributed by atoms with Crippen molar-refractivity contribution in [1.82, 2.24) is 14.9 Å². The third-order valence-corrected chi connectivity index (χ3v) is 5.08. The zero-order chi connectivity index (χ0) is 20.8. The molecule has 1 aromatic heterocycles. The van der Waals surface area contributed by atoms with Crippen LogP contribution >= 0.6 is 0 Å². The minimum atomic E-state index is -0.367. The molecule has 0 atom stereocenters. The van der Waals surface area contributed by atoms with Crippen LogP contribution in [0.25, 0.3) is 0 Å². The third kappa shape index (κ3) is 4.94. The van der Waals surface area contributed by atoms with Gasteiger partial charge >= 0.3 is 5.97 Å². The first kappa shape index (κ1) is 21.5. The predicted molar refractivity (Wildman–Crippen MR) is 111 cm³/mol. The molecule has 0 bridgehead atoms. The van der Waals surface area contributed by atoms with Crippen LogP contribution in [-0.4, -0.2) is 53.6 Å². The van der Waals surface area contributed by atoms with Gasteiger partial charge in [-0.05, 0) is 58.4 Å². The van der Waals surface area contributed by atoms with E-state index < -0.39 is 0 Å². The molecule has 0 spiro atoms. The summed E-state index contributed by atoms with van der Waals surface area (Å²) < 4.78 is 5.11. The molecular weight excluding hydrogens is 356 g/mol. The van der Waals surface area contributed by atoms with E-state index in [4.69, 9.17) is 16.2 Å². The molecule has 1 aliphatic rings. The van der Waals surface area contributed by atoms with Gasteiger partial charge in [0, 0.05) is 26.2 Å². The molecule has 1 aromatic rings. The van der Waals surface area contributed by atoms with Gasteiger partial charge in [0.25, 0.3) is 0 Å². The summed E-state index contributed by atoms with van der Waals surface area (Å²) in [6.45, 7) is 9.34. The number of ether oxygens (including phenoxy) is 1. The number of esters is 1. The lowest BCUT2D eigenvalue weighted by Gasteiger charge is -2.38. The number of aryl methyl sites for hydroxylation is 2. The molecule has 2 heterocycles. The van der Waals surface area contributed by atoms with Crippen LogP contribution in [0.1, 0.15) is 48.4 Å². The van der Waals surface area contributed by atoms with Crippen molar-refractivity contribution in [3.05, 3.63) is 40.6 Å². The van der Waals surface area contributed by atoms with Crippen molar-refractivity contribution in [2.24, 2.45) is 11.5 Å². The van der Waals surface area contributed by atoms with E-state index >= 15 is 0 Å². The van der Waals surface area contributed by atoms with Crippen LogP contribution in [0.4, 0.5) is 5.95 Å². The Labute approximate surface area is 167 Å². The van der Waals surface area contributed by atoms with Gasteiger partial charge in [0.2, 0.25) is 5.95 Å². The number of anilines is 1. The van der Waals surface area contributed by atoms with Gasteiger partial charge < -0.3 is 26.0 Å². The maximum absolute atomic E-state index is 12.1. The van der Waals surface area contributed by atoms with Crippen LogP contribution in [-0.2, 0) is 4.74 Å². The first-order chi connectivity index (χ1) is 13.3. The quantitative estimate of drug-likeness (QED) is 0.561. The van der Waals surface area contributed by atoms with Crippen molar-refractivity contribution in [2.75, 3.05) is 31.6 Å². The van der Waals surface area contributed by atoms with Gasteiger partial charge in [-0.25, -0.2) is 14.8 Å². The minimum absolute atomic E-state index is 0.332. The number of hydrogen-bond acceptors (Lipinski definition) is 8. The summed E-state index contributed by atoms with van der Waals surface area (Å²) in [5.41, 5.74) is 14.4. The van der Waals surface area contributed by atoms with Gasteiger partial charge in [0.05, 0.1) is 23.8 Å². The summed E-state index contributed by atoms with van der Waals surface area (Å²) in [5.74, 6) is 1.00. The topological polar surface area (TPSA) is 111 Å². The summed E-state index contributed by atoms with van der Waals surface area (Å²) in [6, 6.07) is 0.346. The molecule has 8 nitrogen and oxygen atoms in total. The average molecular weight is 389 g/mol. The molecule has 4 N–H and O–H groups in total. The Hall–Kier alpha value is -2.77. The monoisotopic (exact) mass is 388 g/mol. The fraction of sp³-hybridized carbons (Fsp3) is 0.550. The van der Waals surface area contributed by atoms with Crippen LogP contribution in [0, 0.1) is 13.8 Å².